The second kappa shape index (κ2) is 7.22. The lowest BCUT2D eigenvalue weighted by atomic mass is 10.1. The maximum atomic E-state index is 12.0. The fourth-order valence-electron chi connectivity index (χ4n) is 2.15. The third kappa shape index (κ3) is 3.68. The highest BCUT2D eigenvalue weighted by atomic mass is 32.2. The van der Waals surface area contributed by atoms with Crippen LogP contribution in [0.5, 0.6) is 0 Å². The minimum absolute atomic E-state index is 0.156. The van der Waals surface area contributed by atoms with Gasteiger partial charge in [-0.05, 0) is 18.1 Å². The molecule has 1 N–H and O–H groups in total. The second-order valence-corrected chi connectivity index (χ2v) is 6.74. The number of rotatable bonds is 6. The second-order valence-electron chi connectivity index (χ2n) is 4.44. The lowest BCUT2D eigenvalue weighted by Crippen LogP contribution is -2.30. The number of hydrogen-bond donors (Lipinski definition) is 1. The van der Waals surface area contributed by atoms with Gasteiger partial charge in [0.25, 0.3) is 0 Å². The summed E-state index contributed by atoms with van der Waals surface area (Å²) < 4.78 is 0. The van der Waals surface area contributed by atoms with Gasteiger partial charge in [0.1, 0.15) is 5.37 Å². The molecule has 2 rings (SSSR count). The number of aliphatic hydroxyl groups is 1. The van der Waals surface area contributed by atoms with E-state index in [0.29, 0.717) is 5.75 Å². The molecule has 1 aromatic carbocycles. The molecule has 0 bridgehead atoms. The normalized spacial score (nSPS) is 19.2. The molecule has 1 heterocycles. The number of benzene rings is 1. The molecule has 1 saturated heterocycles. The fourth-order valence-corrected chi connectivity index (χ4v) is 4.12. The van der Waals surface area contributed by atoms with E-state index >= 15 is 0 Å². The molecular formula is C14H19NO2S2. The zero-order valence-corrected chi connectivity index (χ0v) is 12.7. The third-order valence-electron chi connectivity index (χ3n) is 3.13. The number of carbonyl (C=O) groups excluding carboxylic acids is 1. The third-order valence-corrected chi connectivity index (χ3v) is 5.32. The molecule has 0 saturated carbocycles. The zero-order valence-electron chi connectivity index (χ0n) is 11.0. The van der Waals surface area contributed by atoms with Crippen LogP contribution >= 0.6 is 23.5 Å². The van der Waals surface area contributed by atoms with E-state index in [1.54, 1.807) is 23.5 Å². The van der Waals surface area contributed by atoms with Crippen LogP contribution in [0.4, 0.5) is 0 Å². The summed E-state index contributed by atoms with van der Waals surface area (Å²) in [6, 6.07) is 8.27. The molecule has 1 atom stereocenters. The first kappa shape index (κ1) is 14.8. The van der Waals surface area contributed by atoms with Crippen LogP contribution in [0.3, 0.4) is 0 Å². The largest absolute Gasteiger partial charge is 0.396 e. The van der Waals surface area contributed by atoms with E-state index in [1.807, 2.05) is 17.0 Å². The molecule has 0 aliphatic carbocycles. The number of aliphatic hydroxyl groups excluding tert-OH is 1. The Morgan fingerprint density at radius 1 is 1.42 bits per heavy atom. The van der Waals surface area contributed by atoms with Crippen molar-refractivity contribution in [2.24, 2.45) is 0 Å². The molecule has 3 nitrogen and oxygen atoms in total. The molecule has 1 unspecified atom stereocenters. The van der Waals surface area contributed by atoms with Crippen molar-refractivity contribution in [3.63, 3.8) is 0 Å². The Hall–Kier alpha value is -0.650. The van der Waals surface area contributed by atoms with Gasteiger partial charge in [-0.1, -0.05) is 24.3 Å². The van der Waals surface area contributed by atoms with Crippen molar-refractivity contribution < 1.29 is 9.90 Å². The van der Waals surface area contributed by atoms with Crippen LogP contribution in [0.2, 0.25) is 0 Å². The molecule has 19 heavy (non-hydrogen) atoms. The van der Waals surface area contributed by atoms with Gasteiger partial charge in [-0.3, -0.25) is 4.79 Å². The van der Waals surface area contributed by atoms with Gasteiger partial charge in [0.2, 0.25) is 5.91 Å². The number of amides is 1. The van der Waals surface area contributed by atoms with Crippen molar-refractivity contribution >= 4 is 29.4 Å². The standard InChI is InChI=1S/C14H19NO2S2/c1-11-4-2-3-5-12(11)14-15(13(17)10-19-14)6-8-18-9-7-16/h2-5,14,16H,6-10H2,1H3. The van der Waals surface area contributed by atoms with E-state index in [0.717, 1.165) is 18.1 Å². The van der Waals surface area contributed by atoms with Crippen molar-refractivity contribution in [3.8, 4) is 0 Å². The summed E-state index contributed by atoms with van der Waals surface area (Å²) in [5.74, 6) is 2.42. The Morgan fingerprint density at radius 3 is 2.95 bits per heavy atom. The molecule has 1 fully saturated rings. The van der Waals surface area contributed by atoms with Crippen LogP contribution in [0.15, 0.2) is 24.3 Å². The molecule has 1 amide bonds. The van der Waals surface area contributed by atoms with Crippen LogP contribution in [0.1, 0.15) is 16.5 Å². The Kier molecular flexibility index (Phi) is 5.60. The number of thioether (sulfide) groups is 2. The van der Waals surface area contributed by atoms with E-state index in [2.05, 4.69) is 19.1 Å². The molecule has 0 aromatic heterocycles. The molecule has 5 heteroatoms. The molecular weight excluding hydrogens is 278 g/mol. The van der Waals surface area contributed by atoms with Crippen molar-refractivity contribution in [1.82, 2.24) is 4.90 Å². The molecule has 1 aliphatic rings. The van der Waals surface area contributed by atoms with Crippen LogP contribution < -0.4 is 0 Å². The van der Waals surface area contributed by atoms with Gasteiger partial charge in [0, 0.05) is 18.1 Å². The van der Waals surface area contributed by atoms with Crippen molar-refractivity contribution in [3.05, 3.63) is 35.4 Å². The van der Waals surface area contributed by atoms with E-state index in [4.69, 9.17) is 5.11 Å². The SMILES string of the molecule is Cc1ccccc1C1SCC(=O)N1CCSCCO. The van der Waals surface area contributed by atoms with Crippen LogP contribution in [-0.4, -0.2) is 46.3 Å². The predicted octanol–water partition coefficient (Wildman–Crippen LogP) is 2.29. The lowest BCUT2D eigenvalue weighted by molar-refractivity contribution is -0.127. The number of nitrogens with zero attached hydrogens (tertiary/aromatic N) is 1. The highest BCUT2D eigenvalue weighted by Crippen LogP contribution is 2.39. The Labute approximate surface area is 122 Å². The first-order valence-electron chi connectivity index (χ1n) is 6.39. The first-order valence-corrected chi connectivity index (χ1v) is 8.59. The minimum Gasteiger partial charge on any atom is -0.396 e. The summed E-state index contributed by atoms with van der Waals surface area (Å²) in [6.45, 7) is 3.06. The van der Waals surface area contributed by atoms with Gasteiger partial charge in [-0.25, -0.2) is 0 Å². The summed E-state index contributed by atoms with van der Waals surface area (Å²) in [4.78, 5) is 13.9. The summed E-state index contributed by atoms with van der Waals surface area (Å²) >= 11 is 3.40. The van der Waals surface area contributed by atoms with E-state index in [9.17, 15) is 4.79 Å². The zero-order chi connectivity index (χ0) is 13.7. The Balaban J connectivity index is 2.03. The molecule has 0 radical (unpaired) electrons. The van der Waals surface area contributed by atoms with Gasteiger partial charge in [-0.15, -0.1) is 11.8 Å². The van der Waals surface area contributed by atoms with Gasteiger partial charge in [0.15, 0.2) is 0 Å². The average molecular weight is 297 g/mol. The van der Waals surface area contributed by atoms with E-state index in [-0.39, 0.29) is 17.9 Å². The minimum atomic E-state index is 0.156. The summed E-state index contributed by atoms with van der Waals surface area (Å²) in [6.07, 6.45) is 0. The summed E-state index contributed by atoms with van der Waals surface area (Å²) in [5, 5.41) is 8.93. The smallest absolute Gasteiger partial charge is 0.233 e. The summed E-state index contributed by atoms with van der Waals surface area (Å²) in [7, 11) is 0. The molecule has 0 spiro atoms. The molecule has 1 aromatic rings. The van der Waals surface area contributed by atoms with Crippen LogP contribution in [0.25, 0.3) is 0 Å². The highest BCUT2D eigenvalue weighted by Gasteiger charge is 2.32. The average Bonchev–Trinajstić information content (AvgIpc) is 2.77. The molecule has 104 valence electrons. The monoisotopic (exact) mass is 297 g/mol. The van der Waals surface area contributed by atoms with E-state index < -0.39 is 0 Å². The first-order chi connectivity index (χ1) is 9.24. The Morgan fingerprint density at radius 2 is 2.21 bits per heavy atom. The number of carbonyl (C=O) groups is 1. The number of hydrogen-bond acceptors (Lipinski definition) is 4. The van der Waals surface area contributed by atoms with Crippen LogP contribution in [-0.2, 0) is 4.79 Å². The van der Waals surface area contributed by atoms with Crippen molar-refractivity contribution in [2.75, 3.05) is 30.4 Å². The summed E-state index contributed by atoms with van der Waals surface area (Å²) in [5.41, 5.74) is 2.48. The highest BCUT2D eigenvalue weighted by molar-refractivity contribution is 8.00. The maximum absolute atomic E-state index is 12.0. The topological polar surface area (TPSA) is 40.5 Å². The van der Waals surface area contributed by atoms with Gasteiger partial charge >= 0.3 is 0 Å². The maximum Gasteiger partial charge on any atom is 0.233 e. The predicted molar refractivity (Wildman–Crippen MR) is 82.5 cm³/mol. The lowest BCUT2D eigenvalue weighted by Gasteiger charge is -2.25. The van der Waals surface area contributed by atoms with Gasteiger partial charge in [-0.2, -0.15) is 11.8 Å². The fraction of sp³-hybridized carbons (Fsp3) is 0.500. The molecule has 1 aliphatic heterocycles. The van der Waals surface area contributed by atoms with Gasteiger partial charge in [0.05, 0.1) is 12.4 Å². The van der Waals surface area contributed by atoms with Crippen LogP contribution in [0, 0.1) is 6.92 Å². The van der Waals surface area contributed by atoms with Crippen molar-refractivity contribution in [1.29, 1.82) is 0 Å². The van der Waals surface area contributed by atoms with Gasteiger partial charge < -0.3 is 10.0 Å². The van der Waals surface area contributed by atoms with Crippen molar-refractivity contribution in [2.45, 2.75) is 12.3 Å². The van der Waals surface area contributed by atoms with E-state index in [1.165, 1.54) is 11.1 Å². The quantitative estimate of drug-likeness (QED) is 0.818. The number of aryl methyl sites for hydroxylation is 1. The Bertz CT molecular complexity index is 439.